The molecule has 4 heteroatoms. The zero-order chi connectivity index (χ0) is 19.5. The molecule has 142 valence electrons. The van der Waals surface area contributed by atoms with Gasteiger partial charge in [-0.3, -0.25) is 0 Å². The van der Waals surface area contributed by atoms with E-state index in [1.807, 2.05) is 19.1 Å². The standard InChI is InChI=1S/C22H30O4/c1-13(8-10-23)18-21(5)12-14(2)17-20(4,9-7-16(24)25)11-15(3)19(26-18)22(17,21)6/h7-9,11-12,17-19,23H,10H2,1-6H3,(H,24,25)/b9-7+,13-8-. The van der Waals surface area contributed by atoms with Crippen LogP contribution in [0, 0.1) is 22.2 Å². The maximum Gasteiger partial charge on any atom is 0.328 e. The van der Waals surface area contributed by atoms with Crippen LogP contribution in [0.15, 0.2) is 47.1 Å². The van der Waals surface area contributed by atoms with Gasteiger partial charge in [0.25, 0.3) is 0 Å². The summed E-state index contributed by atoms with van der Waals surface area (Å²) in [6.45, 7) is 12.9. The largest absolute Gasteiger partial charge is 0.478 e. The number of rotatable bonds is 4. The fourth-order valence-corrected chi connectivity index (χ4v) is 6.30. The highest BCUT2D eigenvalue weighted by Gasteiger charge is 2.70. The van der Waals surface area contributed by atoms with Crippen LogP contribution in [-0.4, -0.2) is 35.0 Å². The second-order valence-electron chi connectivity index (χ2n) is 8.84. The van der Waals surface area contributed by atoms with Crippen LogP contribution in [0.4, 0.5) is 0 Å². The predicted octanol–water partition coefficient (Wildman–Crippen LogP) is 3.89. The quantitative estimate of drug-likeness (QED) is 0.591. The molecule has 0 amide bonds. The Balaban J connectivity index is 2.19. The van der Waals surface area contributed by atoms with Crippen LogP contribution in [0.25, 0.3) is 0 Å². The summed E-state index contributed by atoms with van der Waals surface area (Å²) in [5.74, 6) is -0.759. The molecule has 6 unspecified atom stereocenters. The summed E-state index contributed by atoms with van der Waals surface area (Å²) in [4.78, 5) is 11.2. The third-order valence-corrected chi connectivity index (χ3v) is 7.09. The first-order valence-corrected chi connectivity index (χ1v) is 9.25. The molecule has 26 heavy (non-hydrogen) atoms. The van der Waals surface area contributed by atoms with Gasteiger partial charge in [-0.05, 0) is 31.9 Å². The lowest BCUT2D eigenvalue weighted by atomic mass is 9.50. The van der Waals surface area contributed by atoms with Crippen molar-refractivity contribution >= 4 is 5.97 Å². The van der Waals surface area contributed by atoms with Gasteiger partial charge in [0.15, 0.2) is 0 Å². The maximum absolute atomic E-state index is 11.2. The van der Waals surface area contributed by atoms with Gasteiger partial charge in [-0.15, -0.1) is 0 Å². The van der Waals surface area contributed by atoms with Crippen LogP contribution in [0.2, 0.25) is 0 Å². The molecule has 1 aliphatic heterocycles. The van der Waals surface area contributed by atoms with E-state index in [2.05, 4.69) is 46.8 Å². The van der Waals surface area contributed by atoms with E-state index in [4.69, 9.17) is 9.84 Å². The van der Waals surface area contributed by atoms with E-state index in [9.17, 15) is 9.90 Å². The molecule has 1 fully saturated rings. The van der Waals surface area contributed by atoms with Gasteiger partial charge < -0.3 is 14.9 Å². The van der Waals surface area contributed by atoms with Crippen molar-refractivity contribution in [2.75, 3.05) is 6.61 Å². The van der Waals surface area contributed by atoms with Gasteiger partial charge in [-0.25, -0.2) is 4.79 Å². The van der Waals surface area contributed by atoms with E-state index in [0.717, 1.165) is 11.1 Å². The monoisotopic (exact) mass is 358 g/mol. The predicted molar refractivity (Wildman–Crippen MR) is 102 cm³/mol. The number of carboxylic acid groups (broad SMARTS) is 1. The molecule has 6 atom stereocenters. The van der Waals surface area contributed by atoms with Gasteiger partial charge in [-0.2, -0.15) is 0 Å². The Kier molecular flexibility index (Phi) is 4.36. The number of hydrogen-bond acceptors (Lipinski definition) is 3. The van der Waals surface area contributed by atoms with Crippen molar-refractivity contribution in [1.29, 1.82) is 0 Å². The first-order valence-electron chi connectivity index (χ1n) is 9.25. The molecule has 1 saturated heterocycles. The molecule has 0 saturated carbocycles. The van der Waals surface area contributed by atoms with Crippen molar-refractivity contribution in [3.05, 3.63) is 47.1 Å². The first-order chi connectivity index (χ1) is 12.0. The molecule has 3 rings (SSSR count). The average molecular weight is 358 g/mol. The fraction of sp³-hybridized carbons (Fsp3) is 0.591. The first kappa shape index (κ1) is 19.1. The van der Waals surface area contributed by atoms with Gasteiger partial charge in [0.05, 0.1) is 18.8 Å². The van der Waals surface area contributed by atoms with Crippen molar-refractivity contribution < 1.29 is 19.7 Å². The summed E-state index contributed by atoms with van der Waals surface area (Å²) in [6.07, 6.45) is 9.31. The Bertz CT molecular complexity index is 758. The molecular formula is C22H30O4. The highest BCUT2D eigenvalue weighted by molar-refractivity contribution is 5.80. The topological polar surface area (TPSA) is 66.8 Å². The second kappa shape index (κ2) is 5.93. The molecular weight excluding hydrogens is 328 g/mol. The zero-order valence-electron chi connectivity index (χ0n) is 16.5. The average Bonchev–Trinajstić information content (AvgIpc) is 2.86. The normalized spacial score (nSPS) is 44.9. The number of hydrogen-bond donors (Lipinski definition) is 2. The van der Waals surface area contributed by atoms with Crippen LogP contribution in [0.1, 0.15) is 41.5 Å². The minimum absolute atomic E-state index is 0.00314. The maximum atomic E-state index is 11.2. The number of ether oxygens (including phenoxy) is 1. The minimum Gasteiger partial charge on any atom is -0.478 e. The molecule has 0 radical (unpaired) electrons. The summed E-state index contributed by atoms with van der Waals surface area (Å²) >= 11 is 0. The molecule has 0 aromatic rings. The van der Waals surface area contributed by atoms with E-state index < -0.39 is 5.97 Å². The van der Waals surface area contributed by atoms with Crippen molar-refractivity contribution in [2.24, 2.45) is 22.2 Å². The highest BCUT2D eigenvalue weighted by Crippen LogP contribution is 2.71. The third-order valence-electron chi connectivity index (χ3n) is 7.09. The van der Waals surface area contributed by atoms with Gasteiger partial charge >= 0.3 is 5.97 Å². The van der Waals surface area contributed by atoms with Crippen LogP contribution in [0.3, 0.4) is 0 Å². The Labute approximate surface area is 155 Å². The molecule has 2 N–H and O–H groups in total. The lowest BCUT2D eigenvalue weighted by Crippen LogP contribution is -2.51. The van der Waals surface area contributed by atoms with Crippen molar-refractivity contribution in [2.45, 2.75) is 53.8 Å². The highest BCUT2D eigenvalue weighted by atomic mass is 16.5. The number of aliphatic hydroxyl groups is 1. The molecule has 1 heterocycles. The van der Waals surface area contributed by atoms with Crippen LogP contribution < -0.4 is 0 Å². The summed E-state index contributed by atoms with van der Waals surface area (Å²) in [5, 5.41) is 18.5. The number of carbonyl (C=O) groups is 1. The molecule has 2 aliphatic carbocycles. The van der Waals surface area contributed by atoms with Gasteiger partial charge in [0, 0.05) is 28.2 Å². The smallest absolute Gasteiger partial charge is 0.328 e. The van der Waals surface area contributed by atoms with Crippen LogP contribution in [0.5, 0.6) is 0 Å². The van der Waals surface area contributed by atoms with Crippen LogP contribution in [-0.2, 0) is 9.53 Å². The minimum atomic E-state index is -0.922. The Hall–Kier alpha value is -1.65. The SMILES string of the molecule is CC1=CC(C)(/C=C/C(=O)O)C2C(C)=CC3(C)C(/C(C)=C\CO)OC1C23C. The fourth-order valence-electron chi connectivity index (χ4n) is 6.30. The van der Waals surface area contributed by atoms with Gasteiger partial charge in [0.2, 0.25) is 0 Å². The Morgan fingerprint density at radius 3 is 2.46 bits per heavy atom. The Morgan fingerprint density at radius 2 is 1.88 bits per heavy atom. The number of carboxylic acids is 1. The zero-order valence-corrected chi connectivity index (χ0v) is 16.5. The second-order valence-corrected chi connectivity index (χ2v) is 8.84. The van der Waals surface area contributed by atoms with Gasteiger partial charge in [-0.1, -0.05) is 50.6 Å². The molecule has 0 aromatic carbocycles. The van der Waals surface area contributed by atoms with Crippen molar-refractivity contribution in [1.82, 2.24) is 0 Å². The molecule has 0 bridgehead atoms. The summed E-state index contributed by atoms with van der Waals surface area (Å²) in [5.41, 5.74) is 2.71. The summed E-state index contributed by atoms with van der Waals surface area (Å²) in [7, 11) is 0. The molecule has 3 aliphatic rings. The third kappa shape index (κ3) is 2.31. The van der Waals surface area contributed by atoms with Crippen molar-refractivity contribution in [3.63, 3.8) is 0 Å². The van der Waals surface area contributed by atoms with E-state index in [-0.39, 0.29) is 41.0 Å². The lowest BCUT2D eigenvalue weighted by Gasteiger charge is -2.52. The lowest BCUT2D eigenvalue weighted by molar-refractivity contribution is -0.131. The van der Waals surface area contributed by atoms with E-state index in [0.29, 0.717) is 0 Å². The number of aliphatic carboxylic acids is 1. The Morgan fingerprint density at radius 1 is 1.23 bits per heavy atom. The summed E-state index contributed by atoms with van der Waals surface area (Å²) in [6, 6.07) is 0. The van der Waals surface area contributed by atoms with Crippen LogP contribution >= 0.6 is 0 Å². The van der Waals surface area contributed by atoms with E-state index in [1.165, 1.54) is 11.6 Å². The van der Waals surface area contributed by atoms with Gasteiger partial charge in [0.1, 0.15) is 0 Å². The number of allylic oxidation sites excluding steroid dienone is 3. The summed E-state index contributed by atoms with van der Waals surface area (Å²) < 4.78 is 6.57. The van der Waals surface area contributed by atoms with E-state index in [1.54, 1.807) is 0 Å². The molecule has 0 spiro atoms. The molecule has 0 aromatic heterocycles. The number of aliphatic hydroxyl groups excluding tert-OH is 1. The van der Waals surface area contributed by atoms with Crippen molar-refractivity contribution in [3.8, 4) is 0 Å². The molecule has 4 nitrogen and oxygen atoms in total. The van der Waals surface area contributed by atoms with E-state index >= 15 is 0 Å².